The van der Waals surface area contributed by atoms with Crippen molar-refractivity contribution in [3.05, 3.63) is 41.5 Å². The van der Waals surface area contributed by atoms with Crippen LogP contribution >= 0.6 is 0 Å². The third kappa shape index (κ3) is 4.01. The fourth-order valence-corrected chi connectivity index (χ4v) is 3.82. The summed E-state index contributed by atoms with van der Waals surface area (Å²) in [4.78, 5) is 0. The van der Waals surface area contributed by atoms with Crippen molar-refractivity contribution in [3.8, 4) is 28.7 Å². The normalized spacial score (nSPS) is 32.1. The minimum absolute atomic E-state index is 0.00530. The number of benzene rings is 2. The van der Waals surface area contributed by atoms with Gasteiger partial charge in [0.1, 0.15) is 47.8 Å². The number of phenols is 3. The molecule has 1 fully saturated rings. The zero-order valence-corrected chi connectivity index (χ0v) is 16.6. The van der Waals surface area contributed by atoms with Crippen LogP contribution in [0.5, 0.6) is 28.7 Å². The second-order valence-corrected chi connectivity index (χ2v) is 7.79. The molecule has 1 unspecified atom stereocenters. The summed E-state index contributed by atoms with van der Waals surface area (Å²) >= 11 is 0. The van der Waals surface area contributed by atoms with Crippen molar-refractivity contribution < 1.29 is 55.1 Å². The number of aromatic hydroxyl groups is 3. The zero-order chi connectivity index (χ0) is 23.2. The van der Waals surface area contributed by atoms with Gasteiger partial charge in [0.25, 0.3) is 0 Å². The Morgan fingerprint density at radius 1 is 0.875 bits per heavy atom. The van der Waals surface area contributed by atoms with Crippen LogP contribution in [0, 0.1) is 0 Å². The number of aliphatic hydroxyl groups is 5. The van der Waals surface area contributed by atoms with Gasteiger partial charge in [0, 0.05) is 24.1 Å². The molecule has 0 amide bonds. The highest BCUT2D eigenvalue weighted by Crippen LogP contribution is 2.43. The average Bonchev–Trinajstić information content (AvgIpc) is 2.76. The van der Waals surface area contributed by atoms with Gasteiger partial charge in [-0.25, -0.2) is 0 Å². The first-order valence-electron chi connectivity index (χ1n) is 9.89. The Bertz CT molecular complexity index is 978. The van der Waals surface area contributed by atoms with Crippen LogP contribution in [-0.2, 0) is 11.2 Å². The standard InChI is InChI=1S/C21H24O11/c22-7-16-17(27)18(28)19(29)21(32-16)30-9-4-12(24)10-6-14(26)20(31-15(10)5-9)8-1-2-11(23)13(25)3-8/h1-5,14,16-29H,6-7H2/t14-,16+,17+,18-,19+,20+,21?/m0/s1. The molecule has 4 rings (SSSR count). The van der Waals surface area contributed by atoms with E-state index in [1.165, 1.54) is 30.3 Å². The summed E-state index contributed by atoms with van der Waals surface area (Å²) in [6.45, 7) is -0.623. The maximum Gasteiger partial charge on any atom is 0.229 e. The molecule has 0 bridgehead atoms. The lowest BCUT2D eigenvalue weighted by molar-refractivity contribution is -0.277. The SMILES string of the molecule is OC[C@H]1OC(Oc2cc(O)c3c(c2)O[C@H](c2ccc(O)c(O)c2)[C@@H](O)C3)[C@H](O)[C@@H](O)[C@@H]1O. The third-order valence-corrected chi connectivity index (χ3v) is 5.60. The molecular weight excluding hydrogens is 428 g/mol. The highest BCUT2D eigenvalue weighted by atomic mass is 16.7. The number of aliphatic hydroxyl groups excluding tert-OH is 5. The molecule has 0 aromatic heterocycles. The van der Waals surface area contributed by atoms with Crippen molar-refractivity contribution in [2.24, 2.45) is 0 Å². The van der Waals surface area contributed by atoms with Crippen LogP contribution in [0.15, 0.2) is 30.3 Å². The Morgan fingerprint density at radius 2 is 1.62 bits per heavy atom. The van der Waals surface area contributed by atoms with Crippen LogP contribution in [0.25, 0.3) is 0 Å². The van der Waals surface area contributed by atoms with E-state index in [1.807, 2.05) is 0 Å². The lowest BCUT2D eigenvalue weighted by Crippen LogP contribution is -2.60. The molecule has 174 valence electrons. The predicted molar refractivity (Wildman–Crippen MR) is 105 cm³/mol. The molecule has 2 aliphatic heterocycles. The number of fused-ring (bicyclic) bond motifs is 1. The summed E-state index contributed by atoms with van der Waals surface area (Å²) < 4.78 is 16.7. The topological polar surface area (TPSA) is 190 Å². The monoisotopic (exact) mass is 452 g/mol. The summed E-state index contributed by atoms with van der Waals surface area (Å²) in [7, 11) is 0. The number of phenolic OH excluding ortho intramolecular Hbond substituents is 3. The number of hydrogen-bond donors (Lipinski definition) is 8. The lowest BCUT2D eigenvalue weighted by atomic mass is 9.94. The van der Waals surface area contributed by atoms with Gasteiger partial charge in [0.05, 0.1) is 12.7 Å². The van der Waals surface area contributed by atoms with E-state index in [0.29, 0.717) is 11.1 Å². The van der Waals surface area contributed by atoms with Gasteiger partial charge in [0.15, 0.2) is 11.5 Å². The van der Waals surface area contributed by atoms with Crippen LogP contribution in [0.1, 0.15) is 17.2 Å². The van der Waals surface area contributed by atoms with Gasteiger partial charge in [-0.1, -0.05) is 6.07 Å². The molecule has 2 aliphatic rings. The minimum Gasteiger partial charge on any atom is -0.507 e. The van der Waals surface area contributed by atoms with Crippen LogP contribution in [-0.4, -0.2) is 84.3 Å². The summed E-state index contributed by atoms with van der Waals surface area (Å²) in [5.41, 5.74) is 0.691. The molecule has 1 saturated heterocycles. The van der Waals surface area contributed by atoms with Gasteiger partial charge in [-0.05, 0) is 17.7 Å². The third-order valence-electron chi connectivity index (χ3n) is 5.60. The molecule has 11 nitrogen and oxygen atoms in total. The Morgan fingerprint density at radius 3 is 2.31 bits per heavy atom. The summed E-state index contributed by atoms with van der Waals surface area (Å²) in [5.74, 6) is -0.811. The smallest absolute Gasteiger partial charge is 0.229 e. The van der Waals surface area contributed by atoms with Gasteiger partial charge in [-0.3, -0.25) is 0 Å². The first-order chi connectivity index (χ1) is 15.2. The van der Waals surface area contributed by atoms with E-state index in [-0.39, 0.29) is 35.2 Å². The number of ether oxygens (including phenoxy) is 3. The Hall–Kier alpha value is -2.80. The van der Waals surface area contributed by atoms with Crippen LogP contribution < -0.4 is 9.47 Å². The zero-order valence-electron chi connectivity index (χ0n) is 16.6. The molecule has 0 aliphatic carbocycles. The predicted octanol–water partition coefficient (Wildman–Crippen LogP) is -0.981. The van der Waals surface area contributed by atoms with Crippen LogP contribution in [0.4, 0.5) is 0 Å². The molecule has 0 saturated carbocycles. The maximum absolute atomic E-state index is 10.5. The van der Waals surface area contributed by atoms with E-state index in [4.69, 9.17) is 14.2 Å². The van der Waals surface area contributed by atoms with Crippen molar-refractivity contribution in [1.29, 1.82) is 0 Å². The molecular formula is C21H24O11. The van der Waals surface area contributed by atoms with Crippen LogP contribution in [0.2, 0.25) is 0 Å². The Labute approximate surface area is 181 Å². The van der Waals surface area contributed by atoms with E-state index in [1.54, 1.807) is 0 Å². The molecule has 0 radical (unpaired) electrons. The van der Waals surface area contributed by atoms with Gasteiger partial charge in [-0.2, -0.15) is 0 Å². The quantitative estimate of drug-likeness (QED) is 0.266. The van der Waals surface area contributed by atoms with Crippen molar-refractivity contribution >= 4 is 0 Å². The van der Waals surface area contributed by atoms with Crippen molar-refractivity contribution in [2.75, 3.05) is 6.61 Å². The molecule has 11 heteroatoms. The Kier molecular flexibility index (Phi) is 6.03. The minimum atomic E-state index is -1.64. The highest BCUT2D eigenvalue weighted by molar-refractivity contribution is 5.52. The van der Waals surface area contributed by atoms with Crippen molar-refractivity contribution in [1.82, 2.24) is 0 Å². The average molecular weight is 452 g/mol. The first kappa shape index (κ1) is 22.4. The highest BCUT2D eigenvalue weighted by Gasteiger charge is 2.45. The lowest BCUT2D eigenvalue weighted by Gasteiger charge is -2.39. The molecule has 0 spiro atoms. The molecule has 7 atom stereocenters. The largest absolute Gasteiger partial charge is 0.507 e. The molecule has 32 heavy (non-hydrogen) atoms. The van der Waals surface area contributed by atoms with Gasteiger partial charge >= 0.3 is 0 Å². The molecule has 8 N–H and O–H groups in total. The van der Waals surface area contributed by atoms with E-state index in [0.717, 1.165) is 0 Å². The fourth-order valence-electron chi connectivity index (χ4n) is 3.82. The van der Waals surface area contributed by atoms with Crippen molar-refractivity contribution in [2.45, 2.75) is 49.3 Å². The first-order valence-corrected chi connectivity index (χ1v) is 9.89. The fraction of sp³-hybridized carbons (Fsp3) is 0.429. The second-order valence-electron chi connectivity index (χ2n) is 7.79. The summed E-state index contributed by atoms with van der Waals surface area (Å²) in [6, 6.07) is 6.58. The molecule has 2 aromatic carbocycles. The van der Waals surface area contributed by atoms with Crippen LogP contribution in [0.3, 0.4) is 0 Å². The van der Waals surface area contributed by atoms with Gasteiger partial charge in [-0.15, -0.1) is 0 Å². The van der Waals surface area contributed by atoms with Gasteiger partial charge < -0.3 is 55.1 Å². The number of hydrogen-bond acceptors (Lipinski definition) is 11. The summed E-state index contributed by atoms with van der Waals surface area (Å²) in [5, 5.41) is 79.4. The van der Waals surface area contributed by atoms with E-state index >= 15 is 0 Å². The second kappa shape index (κ2) is 8.62. The Balaban J connectivity index is 1.59. The molecule has 2 aromatic rings. The van der Waals surface area contributed by atoms with E-state index in [9.17, 15) is 40.9 Å². The maximum atomic E-state index is 10.5. The molecule has 2 heterocycles. The van der Waals surface area contributed by atoms with E-state index < -0.39 is 49.5 Å². The van der Waals surface area contributed by atoms with Crippen molar-refractivity contribution in [3.63, 3.8) is 0 Å². The summed E-state index contributed by atoms with van der Waals surface area (Å²) in [6.07, 6.45) is -9.39. The van der Waals surface area contributed by atoms with E-state index in [2.05, 4.69) is 0 Å². The number of rotatable bonds is 4. The van der Waals surface area contributed by atoms with Gasteiger partial charge in [0.2, 0.25) is 6.29 Å².